The van der Waals surface area contributed by atoms with E-state index < -0.39 is 7.60 Å². The highest BCUT2D eigenvalue weighted by molar-refractivity contribution is 7.51. The lowest BCUT2D eigenvalue weighted by atomic mass is 10.1. The normalized spacial score (nSPS) is 13.8. The van der Waals surface area contributed by atoms with E-state index in [4.69, 9.17) is 33.1 Å². The Hall–Kier alpha value is -0.580. The van der Waals surface area contributed by atoms with E-state index in [2.05, 4.69) is 5.32 Å². The van der Waals surface area contributed by atoms with Gasteiger partial charge in [-0.2, -0.15) is 0 Å². The molecule has 0 aliphatic heterocycles. The van der Waals surface area contributed by atoms with Crippen molar-refractivity contribution in [2.75, 3.05) is 80.3 Å². The average Bonchev–Trinajstić information content (AvgIpc) is 2.91. The van der Waals surface area contributed by atoms with Crippen molar-refractivity contribution in [2.45, 2.75) is 102 Å². The van der Waals surface area contributed by atoms with E-state index in [9.17, 15) is 9.36 Å². The molecule has 0 radical (unpaired) electrons. The molecular formula is C29H60NO9P. The van der Waals surface area contributed by atoms with Gasteiger partial charge in [-0.25, -0.2) is 0 Å². The Morgan fingerprint density at radius 3 is 1.77 bits per heavy atom. The fourth-order valence-electron chi connectivity index (χ4n) is 4.05. The Bertz CT molecular complexity index is 592. The largest absolute Gasteiger partial charge is 0.382 e. The molecule has 0 spiro atoms. The van der Waals surface area contributed by atoms with Crippen molar-refractivity contribution in [3.05, 3.63) is 0 Å². The van der Waals surface area contributed by atoms with Gasteiger partial charge in [0.1, 0.15) is 6.10 Å². The van der Waals surface area contributed by atoms with E-state index >= 15 is 0 Å². The highest BCUT2D eigenvalue weighted by Gasteiger charge is 2.10. The molecule has 0 rings (SSSR count). The molecule has 0 aliphatic rings. The van der Waals surface area contributed by atoms with Gasteiger partial charge in [0.25, 0.3) is 0 Å². The maximum Gasteiger partial charge on any atom is 0.325 e. The fraction of sp³-hybridized carbons (Fsp3) is 0.966. The molecule has 10 nitrogen and oxygen atoms in total. The Balaban J connectivity index is 3.45. The molecule has 0 aliphatic carbocycles. The van der Waals surface area contributed by atoms with Crippen molar-refractivity contribution in [3.8, 4) is 0 Å². The molecule has 0 fully saturated rings. The molecule has 0 aromatic carbocycles. The summed E-state index contributed by atoms with van der Waals surface area (Å²) in [6.45, 7) is 6.17. The Morgan fingerprint density at radius 2 is 1.18 bits per heavy atom. The van der Waals surface area contributed by atoms with Crippen molar-refractivity contribution < 1.29 is 42.5 Å². The number of nitrogens with one attached hydrogen (secondary N) is 1. The van der Waals surface area contributed by atoms with Crippen molar-refractivity contribution in [2.24, 2.45) is 0 Å². The maximum atomic E-state index is 12.0. The third kappa shape index (κ3) is 31.9. The number of hydrogen-bond acceptors (Lipinski definition) is 8. The third-order valence-electron chi connectivity index (χ3n) is 6.35. The van der Waals surface area contributed by atoms with Crippen molar-refractivity contribution >= 4 is 13.5 Å². The van der Waals surface area contributed by atoms with Crippen LogP contribution in [0.25, 0.3) is 0 Å². The third-order valence-corrected chi connectivity index (χ3v) is 7.01. The lowest BCUT2D eigenvalue weighted by Gasteiger charge is -2.18. The predicted molar refractivity (Wildman–Crippen MR) is 159 cm³/mol. The van der Waals surface area contributed by atoms with Gasteiger partial charge in [-0.05, 0) is 25.7 Å². The van der Waals surface area contributed by atoms with E-state index in [0.717, 1.165) is 64.3 Å². The van der Waals surface area contributed by atoms with Crippen LogP contribution >= 0.6 is 7.60 Å². The van der Waals surface area contributed by atoms with Gasteiger partial charge in [-0.1, -0.05) is 64.2 Å². The number of ether oxygens (including phenoxy) is 5. The molecule has 0 heterocycles. The monoisotopic (exact) mass is 597 g/mol. The van der Waals surface area contributed by atoms with Crippen LogP contribution in [0, 0.1) is 0 Å². The van der Waals surface area contributed by atoms with Gasteiger partial charge in [-0.15, -0.1) is 0 Å². The van der Waals surface area contributed by atoms with Crippen molar-refractivity contribution in [1.29, 1.82) is 0 Å². The minimum atomic E-state index is -3.31. The smallest absolute Gasteiger partial charge is 0.325 e. The molecule has 40 heavy (non-hydrogen) atoms. The van der Waals surface area contributed by atoms with E-state index in [1.165, 1.54) is 38.8 Å². The van der Waals surface area contributed by atoms with Crippen LogP contribution in [0.15, 0.2) is 0 Å². The Morgan fingerprint density at radius 1 is 0.675 bits per heavy atom. The highest BCUT2D eigenvalue weighted by Crippen LogP contribution is 2.36. The molecule has 240 valence electrons. The zero-order valence-corrected chi connectivity index (χ0v) is 26.6. The summed E-state index contributed by atoms with van der Waals surface area (Å²) in [5, 5.41) is 3.05. The minimum Gasteiger partial charge on any atom is -0.382 e. The minimum absolute atomic E-state index is 0.114. The van der Waals surface area contributed by atoms with Crippen LogP contribution in [-0.4, -0.2) is 97.2 Å². The number of hydrogen-bond donors (Lipinski definition) is 2. The second-order valence-electron chi connectivity index (χ2n) is 10.3. The van der Waals surface area contributed by atoms with E-state index in [1.807, 2.05) is 0 Å². The average molecular weight is 598 g/mol. The first kappa shape index (κ1) is 39.4. The quantitative estimate of drug-likeness (QED) is 0.0765. The van der Waals surface area contributed by atoms with Gasteiger partial charge in [0, 0.05) is 40.5 Å². The standard InChI is InChI=1S/C29H60NO9P/c1-34-22-24-37-27-28(38-25-23-35-2)26-36-20-16-13-10-14-18-29(31)30-19-15-11-8-6-4-5-7-9-12-17-21-39-40(3,32)33/h28H,4-27H2,1-3H3,(H,30,31)(H,32,33). The molecule has 11 heteroatoms. The molecule has 2 atom stereocenters. The van der Waals surface area contributed by atoms with Gasteiger partial charge in [-0.3, -0.25) is 9.36 Å². The van der Waals surface area contributed by atoms with E-state index in [1.54, 1.807) is 14.2 Å². The van der Waals surface area contributed by atoms with Crippen LogP contribution in [0.4, 0.5) is 0 Å². The molecule has 0 bridgehead atoms. The number of methoxy groups -OCH3 is 2. The summed E-state index contributed by atoms with van der Waals surface area (Å²) in [5.41, 5.74) is 0. The van der Waals surface area contributed by atoms with E-state index in [-0.39, 0.29) is 12.0 Å². The highest BCUT2D eigenvalue weighted by atomic mass is 31.2. The fourth-order valence-corrected chi connectivity index (χ4v) is 4.52. The summed E-state index contributed by atoms with van der Waals surface area (Å²) in [6, 6.07) is 0. The lowest BCUT2D eigenvalue weighted by Crippen LogP contribution is -2.28. The zero-order chi connectivity index (χ0) is 29.6. The number of carbonyl (C=O) groups excluding carboxylic acids is 1. The zero-order valence-electron chi connectivity index (χ0n) is 25.7. The first-order valence-corrected chi connectivity index (χ1v) is 17.4. The number of unbranched alkanes of at least 4 members (excludes halogenated alkanes) is 12. The summed E-state index contributed by atoms with van der Waals surface area (Å²) >= 11 is 0. The topological polar surface area (TPSA) is 122 Å². The molecule has 0 saturated heterocycles. The number of amides is 1. The SMILES string of the molecule is COCCOCC(COCCCCCCC(=O)NCCCCCCCCCCCCOP(C)(=O)O)OCCOC. The van der Waals surface area contributed by atoms with Crippen LogP contribution in [0.2, 0.25) is 0 Å². The van der Waals surface area contributed by atoms with Gasteiger partial charge in [0.05, 0.1) is 46.2 Å². The molecule has 2 N–H and O–H groups in total. The van der Waals surface area contributed by atoms with E-state index in [0.29, 0.717) is 59.3 Å². The summed E-state index contributed by atoms with van der Waals surface area (Å²) in [6.07, 6.45) is 15.9. The summed E-state index contributed by atoms with van der Waals surface area (Å²) in [7, 11) is -0.0132. The van der Waals surface area contributed by atoms with Crippen molar-refractivity contribution in [3.63, 3.8) is 0 Å². The van der Waals surface area contributed by atoms with Gasteiger partial charge in [0.2, 0.25) is 5.91 Å². The molecular weight excluding hydrogens is 537 g/mol. The van der Waals surface area contributed by atoms with Crippen LogP contribution < -0.4 is 5.32 Å². The summed E-state index contributed by atoms with van der Waals surface area (Å²) < 4.78 is 43.0. The van der Waals surface area contributed by atoms with Crippen LogP contribution in [0.3, 0.4) is 0 Å². The Kier molecular flexibility index (Phi) is 29.5. The Labute approximate surface area is 244 Å². The first-order valence-electron chi connectivity index (χ1n) is 15.4. The van der Waals surface area contributed by atoms with Gasteiger partial charge >= 0.3 is 7.60 Å². The summed E-state index contributed by atoms with van der Waals surface area (Å²) in [4.78, 5) is 21.1. The van der Waals surface area contributed by atoms with Crippen LogP contribution in [0.5, 0.6) is 0 Å². The molecule has 0 saturated carbocycles. The molecule has 2 unspecified atom stereocenters. The maximum absolute atomic E-state index is 12.0. The van der Waals surface area contributed by atoms with Crippen molar-refractivity contribution in [1.82, 2.24) is 5.32 Å². The second kappa shape index (κ2) is 29.9. The molecule has 1 amide bonds. The lowest BCUT2D eigenvalue weighted by molar-refractivity contribution is -0.121. The number of rotatable bonds is 32. The van der Waals surface area contributed by atoms with Crippen LogP contribution in [-0.2, 0) is 37.6 Å². The molecule has 0 aromatic rings. The second-order valence-corrected chi connectivity index (χ2v) is 12.2. The summed E-state index contributed by atoms with van der Waals surface area (Å²) in [5.74, 6) is 0.159. The molecule has 0 aromatic heterocycles. The number of carbonyl (C=O) groups is 1. The first-order chi connectivity index (χ1) is 19.4. The van der Waals surface area contributed by atoms with Gasteiger partial charge in [0.15, 0.2) is 0 Å². The van der Waals surface area contributed by atoms with Gasteiger partial charge < -0.3 is 38.4 Å². The predicted octanol–water partition coefficient (Wildman–Crippen LogP) is 5.50. The van der Waals surface area contributed by atoms with Crippen LogP contribution in [0.1, 0.15) is 96.3 Å².